The van der Waals surface area contributed by atoms with Crippen LogP contribution in [-0.4, -0.2) is 41.5 Å². The maximum atomic E-state index is 11.4. The number of hydrogen-bond donors (Lipinski definition) is 2. The molecule has 1 aliphatic carbocycles. The second-order valence-electron chi connectivity index (χ2n) is 5.94. The highest BCUT2D eigenvalue weighted by atomic mass is 16.6. The standard InChI is InChI=1S/C13H23NO5/c1-5-18-10(15)9-6-13(17,7-9)8-14-11(16)19-12(2,3)4/h9,17H,5-8H2,1-4H3,(H,14,16). The molecule has 0 aromatic rings. The highest BCUT2D eigenvalue weighted by Crippen LogP contribution is 2.38. The molecular formula is C13H23NO5. The molecule has 110 valence electrons. The highest BCUT2D eigenvalue weighted by Gasteiger charge is 2.47. The van der Waals surface area contributed by atoms with Crippen molar-refractivity contribution in [1.82, 2.24) is 5.32 Å². The zero-order valence-electron chi connectivity index (χ0n) is 12.0. The summed E-state index contributed by atoms with van der Waals surface area (Å²) in [6, 6.07) is 0. The van der Waals surface area contributed by atoms with Gasteiger partial charge in [-0.15, -0.1) is 0 Å². The fourth-order valence-electron chi connectivity index (χ4n) is 1.98. The van der Waals surface area contributed by atoms with E-state index in [2.05, 4.69) is 5.32 Å². The first-order valence-corrected chi connectivity index (χ1v) is 6.51. The quantitative estimate of drug-likeness (QED) is 0.752. The van der Waals surface area contributed by atoms with E-state index in [-0.39, 0.29) is 18.4 Å². The van der Waals surface area contributed by atoms with Gasteiger partial charge >= 0.3 is 12.1 Å². The summed E-state index contributed by atoms with van der Waals surface area (Å²) in [6.07, 6.45) is 0.0454. The molecule has 0 atom stereocenters. The number of ether oxygens (including phenoxy) is 2. The van der Waals surface area contributed by atoms with E-state index >= 15 is 0 Å². The number of nitrogens with one attached hydrogen (secondary N) is 1. The van der Waals surface area contributed by atoms with E-state index in [4.69, 9.17) is 9.47 Å². The Morgan fingerprint density at radius 2 is 1.95 bits per heavy atom. The number of aliphatic hydroxyl groups is 1. The SMILES string of the molecule is CCOC(=O)C1CC(O)(CNC(=O)OC(C)(C)C)C1. The maximum Gasteiger partial charge on any atom is 0.407 e. The summed E-state index contributed by atoms with van der Waals surface area (Å²) in [6.45, 7) is 7.46. The van der Waals surface area contributed by atoms with Gasteiger partial charge in [-0.05, 0) is 40.5 Å². The van der Waals surface area contributed by atoms with Gasteiger partial charge in [-0.25, -0.2) is 4.79 Å². The van der Waals surface area contributed by atoms with Gasteiger partial charge in [0.1, 0.15) is 5.60 Å². The number of amides is 1. The maximum absolute atomic E-state index is 11.4. The topological polar surface area (TPSA) is 84.9 Å². The van der Waals surface area contributed by atoms with Crippen LogP contribution >= 0.6 is 0 Å². The Hall–Kier alpha value is -1.30. The first-order chi connectivity index (χ1) is 8.65. The molecule has 0 aliphatic heterocycles. The van der Waals surface area contributed by atoms with Gasteiger partial charge in [-0.2, -0.15) is 0 Å². The molecule has 0 saturated heterocycles. The molecule has 0 radical (unpaired) electrons. The van der Waals surface area contributed by atoms with Crippen LogP contribution in [0.15, 0.2) is 0 Å². The third-order valence-corrected chi connectivity index (χ3v) is 2.83. The van der Waals surface area contributed by atoms with Crippen molar-refractivity contribution < 1.29 is 24.2 Å². The second kappa shape index (κ2) is 5.77. The molecular weight excluding hydrogens is 250 g/mol. The highest BCUT2D eigenvalue weighted by molar-refractivity contribution is 5.74. The summed E-state index contributed by atoms with van der Waals surface area (Å²) in [7, 11) is 0. The van der Waals surface area contributed by atoms with E-state index in [9.17, 15) is 14.7 Å². The molecule has 2 N–H and O–H groups in total. The molecule has 6 heteroatoms. The lowest BCUT2D eigenvalue weighted by Gasteiger charge is -2.42. The Kier molecular flexibility index (Phi) is 4.79. The second-order valence-corrected chi connectivity index (χ2v) is 5.94. The number of alkyl carbamates (subject to hydrolysis) is 1. The van der Waals surface area contributed by atoms with E-state index in [1.54, 1.807) is 27.7 Å². The lowest BCUT2D eigenvalue weighted by Crippen LogP contribution is -2.54. The minimum atomic E-state index is -1.03. The molecule has 19 heavy (non-hydrogen) atoms. The van der Waals surface area contributed by atoms with Crippen LogP contribution < -0.4 is 5.32 Å². The molecule has 0 bridgehead atoms. The largest absolute Gasteiger partial charge is 0.466 e. The number of carbonyl (C=O) groups is 2. The van der Waals surface area contributed by atoms with Crippen LogP contribution in [0.5, 0.6) is 0 Å². The Bertz CT molecular complexity index is 341. The van der Waals surface area contributed by atoms with Crippen molar-refractivity contribution in [2.75, 3.05) is 13.2 Å². The zero-order valence-corrected chi connectivity index (χ0v) is 12.0. The van der Waals surface area contributed by atoms with Gasteiger partial charge in [0.05, 0.1) is 18.1 Å². The number of rotatable bonds is 4. The Balaban J connectivity index is 2.28. The first-order valence-electron chi connectivity index (χ1n) is 6.51. The average Bonchev–Trinajstić information content (AvgIpc) is 2.20. The van der Waals surface area contributed by atoms with E-state index < -0.39 is 17.3 Å². The summed E-state index contributed by atoms with van der Waals surface area (Å²) >= 11 is 0. The minimum absolute atomic E-state index is 0.0812. The van der Waals surface area contributed by atoms with Gasteiger partial charge in [-0.3, -0.25) is 4.79 Å². The third-order valence-electron chi connectivity index (χ3n) is 2.83. The van der Waals surface area contributed by atoms with Crippen LogP contribution in [0.1, 0.15) is 40.5 Å². The predicted octanol–water partition coefficient (Wildman–Crippen LogP) is 1.22. The molecule has 1 rings (SSSR count). The number of hydrogen-bond acceptors (Lipinski definition) is 5. The van der Waals surface area contributed by atoms with E-state index in [0.29, 0.717) is 19.4 Å². The molecule has 1 aliphatic rings. The van der Waals surface area contributed by atoms with Crippen molar-refractivity contribution in [2.45, 2.75) is 51.7 Å². The Morgan fingerprint density at radius 1 is 1.37 bits per heavy atom. The molecule has 0 aromatic heterocycles. The van der Waals surface area contributed by atoms with E-state index in [1.165, 1.54) is 0 Å². The predicted molar refractivity (Wildman–Crippen MR) is 68.5 cm³/mol. The lowest BCUT2D eigenvalue weighted by atomic mass is 9.71. The first kappa shape index (κ1) is 15.8. The van der Waals surface area contributed by atoms with Gasteiger partial charge in [0.2, 0.25) is 0 Å². The van der Waals surface area contributed by atoms with Gasteiger partial charge in [0, 0.05) is 6.54 Å². The molecule has 0 spiro atoms. The monoisotopic (exact) mass is 273 g/mol. The van der Waals surface area contributed by atoms with Crippen LogP contribution in [0.25, 0.3) is 0 Å². The summed E-state index contributed by atoms with van der Waals surface area (Å²) in [5.41, 5.74) is -1.60. The normalized spacial score (nSPS) is 26.3. The van der Waals surface area contributed by atoms with Crippen molar-refractivity contribution in [3.05, 3.63) is 0 Å². The van der Waals surface area contributed by atoms with Crippen molar-refractivity contribution in [2.24, 2.45) is 5.92 Å². The van der Waals surface area contributed by atoms with Crippen molar-refractivity contribution >= 4 is 12.1 Å². The lowest BCUT2D eigenvalue weighted by molar-refractivity contribution is -0.163. The van der Waals surface area contributed by atoms with Crippen LogP contribution in [0.4, 0.5) is 4.79 Å². The van der Waals surface area contributed by atoms with E-state index in [0.717, 1.165) is 0 Å². The molecule has 1 saturated carbocycles. The van der Waals surface area contributed by atoms with Crippen LogP contribution in [0.2, 0.25) is 0 Å². The summed E-state index contributed by atoms with van der Waals surface area (Å²) in [4.78, 5) is 22.8. The smallest absolute Gasteiger partial charge is 0.407 e. The minimum Gasteiger partial charge on any atom is -0.466 e. The van der Waals surface area contributed by atoms with Crippen LogP contribution in [0, 0.1) is 5.92 Å². The number of carbonyl (C=O) groups excluding carboxylic acids is 2. The molecule has 0 unspecified atom stereocenters. The van der Waals surface area contributed by atoms with Crippen LogP contribution in [0.3, 0.4) is 0 Å². The van der Waals surface area contributed by atoms with Crippen molar-refractivity contribution in [3.8, 4) is 0 Å². The summed E-state index contributed by atoms with van der Waals surface area (Å²) in [5, 5.41) is 12.6. The average molecular weight is 273 g/mol. The van der Waals surface area contributed by atoms with Crippen molar-refractivity contribution in [1.29, 1.82) is 0 Å². The summed E-state index contributed by atoms with van der Waals surface area (Å²) in [5.74, 6) is -0.560. The number of esters is 1. The Morgan fingerprint density at radius 3 is 2.42 bits per heavy atom. The molecule has 0 heterocycles. The van der Waals surface area contributed by atoms with Gasteiger partial charge in [0.25, 0.3) is 0 Å². The van der Waals surface area contributed by atoms with Gasteiger partial charge < -0.3 is 19.9 Å². The zero-order chi connectivity index (χ0) is 14.7. The fourth-order valence-corrected chi connectivity index (χ4v) is 1.98. The Labute approximate surface area is 113 Å². The molecule has 6 nitrogen and oxygen atoms in total. The van der Waals surface area contributed by atoms with Crippen molar-refractivity contribution in [3.63, 3.8) is 0 Å². The van der Waals surface area contributed by atoms with E-state index in [1.807, 2.05) is 0 Å². The summed E-state index contributed by atoms with van der Waals surface area (Å²) < 4.78 is 9.93. The third kappa shape index (κ3) is 5.06. The fraction of sp³-hybridized carbons (Fsp3) is 0.846. The molecule has 0 aromatic carbocycles. The van der Waals surface area contributed by atoms with Gasteiger partial charge in [-0.1, -0.05) is 0 Å². The molecule has 1 amide bonds. The van der Waals surface area contributed by atoms with Gasteiger partial charge in [0.15, 0.2) is 0 Å². The molecule has 1 fully saturated rings. The van der Waals surface area contributed by atoms with Crippen LogP contribution in [-0.2, 0) is 14.3 Å².